The van der Waals surface area contributed by atoms with Crippen molar-refractivity contribution in [3.8, 4) is 5.75 Å². The Bertz CT molecular complexity index is 625. The Morgan fingerprint density at radius 2 is 1.67 bits per heavy atom. The molecule has 0 spiro atoms. The quantitative estimate of drug-likeness (QED) is 0.768. The van der Waals surface area contributed by atoms with E-state index >= 15 is 0 Å². The van der Waals surface area contributed by atoms with Crippen LogP contribution in [-0.2, 0) is 6.61 Å². The van der Waals surface area contributed by atoms with Gasteiger partial charge in [-0.3, -0.25) is 4.79 Å². The molecule has 4 heteroatoms. The summed E-state index contributed by atoms with van der Waals surface area (Å²) in [7, 11) is 0. The third-order valence-electron chi connectivity index (χ3n) is 3.98. The number of hydrogen-bond donors (Lipinski definition) is 1. The van der Waals surface area contributed by atoms with Gasteiger partial charge >= 0.3 is 0 Å². The van der Waals surface area contributed by atoms with E-state index in [0.717, 1.165) is 25.2 Å². The number of nitrogens with zero attached hydrogens (tertiary/aromatic N) is 1. The molecule has 0 aliphatic heterocycles. The van der Waals surface area contributed by atoms with E-state index in [1.807, 2.05) is 48.5 Å². The molecule has 0 bridgehead atoms. The van der Waals surface area contributed by atoms with E-state index in [4.69, 9.17) is 4.74 Å². The molecule has 0 unspecified atom stereocenters. The fraction of sp³-hybridized carbons (Fsp3) is 0.350. The molecule has 0 aliphatic rings. The fourth-order valence-corrected chi connectivity index (χ4v) is 2.48. The van der Waals surface area contributed by atoms with Crippen molar-refractivity contribution in [2.24, 2.45) is 0 Å². The molecule has 4 nitrogen and oxygen atoms in total. The maximum atomic E-state index is 12.4. The van der Waals surface area contributed by atoms with Crippen molar-refractivity contribution in [3.63, 3.8) is 0 Å². The van der Waals surface area contributed by atoms with Crippen LogP contribution in [0.2, 0.25) is 0 Å². The lowest BCUT2D eigenvalue weighted by molar-refractivity contribution is 0.0944. The molecule has 2 aromatic rings. The average molecular weight is 326 g/mol. The van der Waals surface area contributed by atoms with Crippen LogP contribution in [0.1, 0.15) is 29.8 Å². The molecule has 0 atom stereocenters. The third kappa shape index (κ3) is 5.39. The summed E-state index contributed by atoms with van der Waals surface area (Å²) < 4.78 is 5.84. The van der Waals surface area contributed by atoms with Gasteiger partial charge in [-0.15, -0.1) is 0 Å². The Hall–Kier alpha value is -2.33. The van der Waals surface area contributed by atoms with Crippen LogP contribution in [0, 0.1) is 0 Å². The summed E-state index contributed by atoms with van der Waals surface area (Å²) in [4.78, 5) is 14.7. The van der Waals surface area contributed by atoms with Crippen LogP contribution in [0.4, 0.5) is 0 Å². The summed E-state index contributed by atoms with van der Waals surface area (Å²) in [6, 6.07) is 17.3. The van der Waals surface area contributed by atoms with E-state index in [1.165, 1.54) is 0 Å². The zero-order valence-electron chi connectivity index (χ0n) is 14.5. The van der Waals surface area contributed by atoms with Crippen LogP contribution in [0.3, 0.4) is 0 Å². The van der Waals surface area contributed by atoms with Crippen LogP contribution in [0.25, 0.3) is 0 Å². The number of rotatable bonds is 9. The number of likely N-dealkylation sites (N-methyl/N-ethyl adjacent to an activating group) is 1. The standard InChI is InChI=1S/C20H26N2O2/c1-3-22(4-2)15-14-21-20(23)18-12-8-9-13-19(18)24-16-17-10-6-5-7-11-17/h5-13H,3-4,14-16H2,1-2H3,(H,21,23). The second-order valence-electron chi connectivity index (χ2n) is 5.55. The molecule has 1 amide bonds. The van der Waals surface area contributed by atoms with Gasteiger partial charge < -0.3 is 15.0 Å². The zero-order valence-corrected chi connectivity index (χ0v) is 14.5. The van der Waals surface area contributed by atoms with Crippen molar-refractivity contribution < 1.29 is 9.53 Å². The Kier molecular flexibility index (Phi) is 7.30. The first kappa shape index (κ1) is 18.0. The van der Waals surface area contributed by atoms with Crippen molar-refractivity contribution in [1.82, 2.24) is 10.2 Å². The average Bonchev–Trinajstić information content (AvgIpc) is 2.64. The van der Waals surface area contributed by atoms with Crippen LogP contribution >= 0.6 is 0 Å². The zero-order chi connectivity index (χ0) is 17.2. The van der Waals surface area contributed by atoms with Crippen LogP contribution < -0.4 is 10.1 Å². The summed E-state index contributed by atoms with van der Waals surface area (Å²) in [5.74, 6) is 0.521. The second-order valence-corrected chi connectivity index (χ2v) is 5.55. The van der Waals surface area contributed by atoms with E-state index in [2.05, 4.69) is 24.1 Å². The number of benzene rings is 2. The van der Waals surface area contributed by atoms with Crippen molar-refractivity contribution in [2.75, 3.05) is 26.2 Å². The highest BCUT2D eigenvalue weighted by molar-refractivity contribution is 5.96. The molecule has 0 fully saturated rings. The van der Waals surface area contributed by atoms with Gasteiger partial charge in [0, 0.05) is 13.1 Å². The lowest BCUT2D eigenvalue weighted by Crippen LogP contribution is -2.34. The number of ether oxygens (including phenoxy) is 1. The van der Waals surface area contributed by atoms with Crippen molar-refractivity contribution in [3.05, 3.63) is 65.7 Å². The number of para-hydroxylation sites is 1. The molecule has 2 rings (SSSR count). The van der Waals surface area contributed by atoms with Crippen molar-refractivity contribution >= 4 is 5.91 Å². The first-order chi connectivity index (χ1) is 11.7. The van der Waals surface area contributed by atoms with Gasteiger partial charge in [0.25, 0.3) is 5.91 Å². The molecule has 0 aliphatic carbocycles. The van der Waals surface area contributed by atoms with Gasteiger partial charge in [-0.2, -0.15) is 0 Å². The van der Waals surface area contributed by atoms with Gasteiger partial charge in [0.2, 0.25) is 0 Å². The van der Waals surface area contributed by atoms with Crippen LogP contribution in [-0.4, -0.2) is 37.0 Å². The van der Waals surface area contributed by atoms with Gasteiger partial charge in [0.15, 0.2) is 0 Å². The number of nitrogens with one attached hydrogen (secondary N) is 1. The predicted molar refractivity (Wildman–Crippen MR) is 97.3 cm³/mol. The maximum Gasteiger partial charge on any atom is 0.255 e. The summed E-state index contributed by atoms with van der Waals surface area (Å²) in [6.45, 7) is 8.16. The Morgan fingerprint density at radius 1 is 1.00 bits per heavy atom. The number of carbonyl (C=O) groups is 1. The molecular weight excluding hydrogens is 300 g/mol. The summed E-state index contributed by atoms with van der Waals surface area (Å²) >= 11 is 0. The summed E-state index contributed by atoms with van der Waals surface area (Å²) in [5.41, 5.74) is 1.65. The first-order valence-corrected chi connectivity index (χ1v) is 8.50. The molecule has 0 radical (unpaired) electrons. The van der Waals surface area contributed by atoms with Gasteiger partial charge in [-0.05, 0) is 30.8 Å². The van der Waals surface area contributed by atoms with Crippen LogP contribution in [0.5, 0.6) is 5.75 Å². The highest BCUT2D eigenvalue weighted by atomic mass is 16.5. The van der Waals surface area contributed by atoms with Gasteiger partial charge in [0.1, 0.15) is 12.4 Å². The third-order valence-corrected chi connectivity index (χ3v) is 3.98. The predicted octanol–water partition coefficient (Wildman–Crippen LogP) is 3.34. The van der Waals surface area contributed by atoms with Gasteiger partial charge in [-0.25, -0.2) is 0 Å². The molecule has 2 aromatic carbocycles. The minimum Gasteiger partial charge on any atom is -0.488 e. The normalized spacial score (nSPS) is 10.6. The number of hydrogen-bond acceptors (Lipinski definition) is 3. The molecule has 0 saturated heterocycles. The minimum atomic E-state index is -0.0918. The highest BCUT2D eigenvalue weighted by Crippen LogP contribution is 2.19. The summed E-state index contributed by atoms with van der Waals surface area (Å²) in [6.07, 6.45) is 0. The Balaban J connectivity index is 1.93. The Labute approximate surface area is 144 Å². The van der Waals surface area contributed by atoms with Gasteiger partial charge in [0.05, 0.1) is 5.56 Å². The molecule has 1 N–H and O–H groups in total. The van der Waals surface area contributed by atoms with E-state index in [-0.39, 0.29) is 5.91 Å². The van der Waals surface area contributed by atoms with Gasteiger partial charge in [-0.1, -0.05) is 56.3 Å². The lowest BCUT2D eigenvalue weighted by atomic mass is 10.2. The van der Waals surface area contributed by atoms with Crippen molar-refractivity contribution in [2.45, 2.75) is 20.5 Å². The van der Waals surface area contributed by atoms with Crippen molar-refractivity contribution in [1.29, 1.82) is 0 Å². The molecule has 24 heavy (non-hydrogen) atoms. The Morgan fingerprint density at radius 3 is 2.38 bits per heavy atom. The molecular formula is C20H26N2O2. The maximum absolute atomic E-state index is 12.4. The molecule has 128 valence electrons. The monoisotopic (exact) mass is 326 g/mol. The summed E-state index contributed by atoms with van der Waals surface area (Å²) in [5, 5.41) is 2.98. The largest absolute Gasteiger partial charge is 0.488 e. The second kappa shape index (κ2) is 9.73. The topological polar surface area (TPSA) is 41.6 Å². The SMILES string of the molecule is CCN(CC)CCNC(=O)c1ccccc1OCc1ccccc1. The minimum absolute atomic E-state index is 0.0918. The van der Waals surface area contributed by atoms with E-state index in [1.54, 1.807) is 6.07 Å². The fourth-order valence-electron chi connectivity index (χ4n) is 2.48. The number of amides is 1. The molecule has 0 heterocycles. The highest BCUT2D eigenvalue weighted by Gasteiger charge is 2.12. The van der Waals surface area contributed by atoms with E-state index in [0.29, 0.717) is 24.5 Å². The molecule has 0 saturated carbocycles. The molecule has 0 aromatic heterocycles. The van der Waals surface area contributed by atoms with E-state index in [9.17, 15) is 4.79 Å². The smallest absolute Gasteiger partial charge is 0.255 e. The number of carbonyl (C=O) groups excluding carboxylic acids is 1. The lowest BCUT2D eigenvalue weighted by Gasteiger charge is -2.18. The van der Waals surface area contributed by atoms with Crippen LogP contribution in [0.15, 0.2) is 54.6 Å². The first-order valence-electron chi connectivity index (χ1n) is 8.50. The van der Waals surface area contributed by atoms with E-state index < -0.39 is 0 Å².